The van der Waals surface area contributed by atoms with Crippen molar-refractivity contribution in [1.29, 1.82) is 5.26 Å². The first-order chi connectivity index (χ1) is 20.0. The molecule has 2 atom stereocenters. The van der Waals surface area contributed by atoms with E-state index in [1.165, 1.54) is 30.5 Å². The number of pyridine rings is 1. The number of alkyl halides is 2. The average molecular weight is 580 g/mol. The minimum absolute atomic E-state index is 0.00292. The van der Waals surface area contributed by atoms with Crippen LogP contribution in [-0.2, 0) is 14.4 Å². The lowest BCUT2D eigenvalue weighted by molar-refractivity contribution is -0.133. The van der Waals surface area contributed by atoms with E-state index in [9.17, 15) is 32.8 Å². The number of benzene rings is 2. The molecule has 1 aromatic heterocycles. The van der Waals surface area contributed by atoms with Crippen molar-refractivity contribution >= 4 is 29.2 Å². The number of carbonyl (C=O) groups is 3. The molecule has 0 spiro atoms. The van der Waals surface area contributed by atoms with Gasteiger partial charge in [0.2, 0.25) is 11.8 Å². The summed E-state index contributed by atoms with van der Waals surface area (Å²) < 4.78 is 57.2. The molecule has 1 saturated carbocycles. The minimum Gasteiger partial charge on any atom is -0.351 e. The largest absolute Gasteiger partial charge is 0.351 e. The Kier molecular flexibility index (Phi) is 7.69. The van der Waals surface area contributed by atoms with Crippen LogP contribution in [0.4, 0.5) is 29.1 Å². The van der Waals surface area contributed by atoms with Gasteiger partial charge in [0.25, 0.3) is 11.8 Å². The summed E-state index contributed by atoms with van der Waals surface area (Å²) in [7, 11) is 0. The van der Waals surface area contributed by atoms with Gasteiger partial charge in [-0.25, -0.2) is 22.5 Å². The third kappa shape index (κ3) is 5.42. The summed E-state index contributed by atoms with van der Waals surface area (Å²) in [6.07, 6.45) is -0.0448. The van der Waals surface area contributed by atoms with Crippen LogP contribution in [-0.4, -0.2) is 40.7 Å². The van der Waals surface area contributed by atoms with Crippen LogP contribution in [0, 0.1) is 29.9 Å². The van der Waals surface area contributed by atoms with Gasteiger partial charge in [-0.05, 0) is 48.7 Å². The maximum absolute atomic E-state index is 15.4. The average Bonchev–Trinajstić information content (AvgIpc) is 3.34. The fraction of sp³-hybridized carbons (Fsp3) is 0.300. The van der Waals surface area contributed by atoms with Crippen LogP contribution in [0.3, 0.4) is 0 Å². The number of carbonyl (C=O) groups excluding carboxylic acids is 3. The van der Waals surface area contributed by atoms with E-state index in [4.69, 9.17) is 0 Å². The van der Waals surface area contributed by atoms with Gasteiger partial charge in [0.1, 0.15) is 17.9 Å². The Morgan fingerprint density at radius 3 is 2.57 bits per heavy atom. The molecular formula is C30H25F4N5O3. The number of anilines is 2. The Hall–Kier alpha value is -4.79. The van der Waals surface area contributed by atoms with Crippen LogP contribution in [0.1, 0.15) is 48.4 Å². The van der Waals surface area contributed by atoms with Crippen molar-refractivity contribution in [2.75, 3.05) is 9.80 Å². The third-order valence-electron chi connectivity index (χ3n) is 7.47. The second-order valence-electron chi connectivity index (χ2n) is 10.3. The smallest absolute Gasteiger partial charge is 0.252 e. The van der Waals surface area contributed by atoms with Gasteiger partial charge >= 0.3 is 0 Å². The van der Waals surface area contributed by atoms with Crippen molar-refractivity contribution in [1.82, 2.24) is 10.3 Å². The predicted molar refractivity (Wildman–Crippen MR) is 143 cm³/mol. The highest BCUT2D eigenvalue weighted by Crippen LogP contribution is 2.39. The Morgan fingerprint density at radius 1 is 1.14 bits per heavy atom. The summed E-state index contributed by atoms with van der Waals surface area (Å²) >= 11 is 0. The first-order valence-electron chi connectivity index (χ1n) is 13.2. The van der Waals surface area contributed by atoms with E-state index in [0.717, 1.165) is 21.9 Å². The van der Waals surface area contributed by atoms with Gasteiger partial charge in [0.15, 0.2) is 11.6 Å². The molecule has 1 aliphatic carbocycles. The quantitative estimate of drug-likeness (QED) is 0.408. The van der Waals surface area contributed by atoms with Crippen molar-refractivity contribution in [2.45, 2.75) is 56.7 Å². The maximum Gasteiger partial charge on any atom is 0.252 e. The molecule has 2 unspecified atom stereocenters. The van der Waals surface area contributed by atoms with Crippen LogP contribution in [0.2, 0.25) is 0 Å². The van der Waals surface area contributed by atoms with Gasteiger partial charge in [-0.3, -0.25) is 24.2 Å². The number of nitriles is 1. The van der Waals surface area contributed by atoms with E-state index in [1.54, 1.807) is 25.1 Å². The summed E-state index contributed by atoms with van der Waals surface area (Å²) in [5, 5.41) is 11.9. The molecule has 8 nitrogen and oxygen atoms in total. The molecule has 0 radical (unpaired) electrons. The Labute approximate surface area is 238 Å². The molecule has 2 fully saturated rings. The summed E-state index contributed by atoms with van der Waals surface area (Å²) in [5.74, 6) is -7.93. The Bertz CT molecular complexity index is 1600. The van der Waals surface area contributed by atoms with Gasteiger partial charge in [0.05, 0.1) is 17.3 Å². The van der Waals surface area contributed by atoms with Crippen LogP contribution in [0.15, 0.2) is 60.8 Å². The SMILES string of the molecule is Cc1ccccc1C(C(=O)NC1CC(F)(F)C1)N(C(=O)C1CCC(=O)N1c1cc(C#N)ccn1)c1cccc(F)c1F. The summed E-state index contributed by atoms with van der Waals surface area (Å²) in [6, 6.07) is 10.5. The zero-order valence-electron chi connectivity index (χ0n) is 22.4. The van der Waals surface area contributed by atoms with E-state index >= 15 is 4.39 Å². The van der Waals surface area contributed by atoms with Crippen molar-refractivity contribution < 1.29 is 31.9 Å². The monoisotopic (exact) mass is 579 g/mol. The van der Waals surface area contributed by atoms with Crippen LogP contribution < -0.4 is 15.1 Å². The van der Waals surface area contributed by atoms with E-state index in [1.807, 2.05) is 6.07 Å². The summed E-state index contributed by atoms with van der Waals surface area (Å²) in [4.78, 5) is 47.3. The molecule has 42 heavy (non-hydrogen) atoms. The lowest BCUT2D eigenvalue weighted by Crippen LogP contribution is -2.56. The lowest BCUT2D eigenvalue weighted by Gasteiger charge is -2.39. The van der Waals surface area contributed by atoms with E-state index in [-0.39, 0.29) is 29.8 Å². The van der Waals surface area contributed by atoms with E-state index in [0.29, 0.717) is 5.56 Å². The van der Waals surface area contributed by atoms with Crippen LogP contribution in [0.25, 0.3) is 0 Å². The van der Waals surface area contributed by atoms with Crippen molar-refractivity contribution in [2.24, 2.45) is 0 Å². The van der Waals surface area contributed by atoms with Crippen molar-refractivity contribution in [3.05, 3.63) is 89.1 Å². The lowest BCUT2D eigenvalue weighted by atomic mass is 9.87. The highest BCUT2D eigenvalue weighted by atomic mass is 19.3. The Morgan fingerprint density at radius 2 is 1.88 bits per heavy atom. The first kappa shape index (κ1) is 28.7. The molecule has 2 heterocycles. The van der Waals surface area contributed by atoms with Gasteiger partial charge in [0, 0.05) is 31.5 Å². The number of aromatic nitrogens is 1. The topological polar surface area (TPSA) is 106 Å². The normalized spacial score (nSPS) is 18.6. The number of nitrogens with zero attached hydrogens (tertiary/aromatic N) is 4. The van der Waals surface area contributed by atoms with Crippen molar-refractivity contribution in [3.8, 4) is 6.07 Å². The number of amides is 3. The number of rotatable bonds is 7. The highest BCUT2D eigenvalue weighted by molar-refractivity contribution is 6.10. The molecular weight excluding hydrogens is 554 g/mol. The molecule has 3 amide bonds. The number of hydrogen-bond donors (Lipinski definition) is 1. The van der Waals surface area contributed by atoms with Gasteiger partial charge in [-0.1, -0.05) is 30.3 Å². The Balaban J connectivity index is 1.64. The predicted octanol–water partition coefficient (Wildman–Crippen LogP) is 4.72. The van der Waals surface area contributed by atoms with Crippen LogP contribution in [0.5, 0.6) is 0 Å². The fourth-order valence-electron chi connectivity index (χ4n) is 5.38. The zero-order chi connectivity index (χ0) is 30.2. The fourth-order valence-corrected chi connectivity index (χ4v) is 5.38. The third-order valence-corrected chi connectivity index (χ3v) is 7.47. The standard InChI is InChI=1S/C30H25F4N5O3/c1-17-5-2-3-6-20(17)27(28(41)37-19-14-30(33,34)15-19)39(22-8-4-7-21(31)26(22)32)29(42)23-9-10-25(40)38(23)24-13-18(16-35)11-12-36-24/h2-8,11-13,19,23,27H,9-10,14-15H2,1H3,(H,37,41). The highest BCUT2D eigenvalue weighted by Gasteiger charge is 2.49. The van der Waals surface area contributed by atoms with E-state index < -0.39 is 71.9 Å². The molecule has 2 aromatic carbocycles. The molecule has 1 aliphatic heterocycles. The van der Waals surface area contributed by atoms with Crippen molar-refractivity contribution in [3.63, 3.8) is 0 Å². The minimum atomic E-state index is -2.95. The number of hydrogen-bond acceptors (Lipinski definition) is 5. The van der Waals surface area contributed by atoms with Gasteiger partial charge in [-0.2, -0.15) is 5.26 Å². The first-order valence-corrected chi connectivity index (χ1v) is 13.2. The van der Waals surface area contributed by atoms with Crippen LogP contribution >= 0.6 is 0 Å². The van der Waals surface area contributed by atoms with E-state index in [2.05, 4.69) is 10.3 Å². The van der Waals surface area contributed by atoms with Gasteiger partial charge in [-0.15, -0.1) is 0 Å². The second kappa shape index (κ2) is 11.2. The molecule has 1 N–H and O–H groups in total. The molecule has 3 aromatic rings. The summed E-state index contributed by atoms with van der Waals surface area (Å²) in [5.41, 5.74) is 0.376. The zero-order valence-corrected chi connectivity index (χ0v) is 22.4. The number of nitrogens with one attached hydrogen (secondary N) is 1. The number of halogens is 4. The molecule has 2 aliphatic rings. The molecule has 5 rings (SSSR count). The van der Waals surface area contributed by atoms with Gasteiger partial charge < -0.3 is 5.32 Å². The molecule has 12 heteroatoms. The molecule has 216 valence electrons. The summed E-state index contributed by atoms with van der Waals surface area (Å²) in [6.45, 7) is 1.65. The molecule has 1 saturated heterocycles. The maximum atomic E-state index is 15.4. The number of aryl methyl sites for hydroxylation is 1. The molecule has 0 bridgehead atoms. The second-order valence-corrected chi connectivity index (χ2v) is 10.3.